The van der Waals surface area contributed by atoms with Gasteiger partial charge in [-0.1, -0.05) is 29.3 Å². The van der Waals surface area contributed by atoms with Crippen molar-refractivity contribution in [2.45, 2.75) is 32.6 Å². The summed E-state index contributed by atoms with van der Waals surface area (Å²) in [4.78, 5) is 7.44. The van der Waals surface area contributed by atoms with E-state index in [-0.39, 0.29) is 0 Å². The highest BCUT2D eigenvalue weighted by atomic mass is 15.5. The van der Waals surface area contributed by atoms with Crippen LogP contribution in [0.2, 0.25) is 0 Å². The molecular formula is C18H24N5+. The highest BCUT2D eigenvalue weighted by molar-refractivity contribution is 6.16. The van der Waals surface area contributed by atoms with Crippen LogP contribution in [-0.4, -0.2) is 49.1 Å². The normalized spacial score (nSPS) is 26.2. The van der Waals surface area contributed by atoms with Crippen LogP contribution in [0.4, 0.5) is 5.69 Å². The Morgan fingerprint density at radius 1 is 1.13 bits per heavy atom. The maximum atomic E-state index is 4.97. The molecule has 1 atom stereocenters. The summed E-state index contributed by atoms with van der Waals surface area (Å²) in [5.74, 6) is 2.20. The van der Waals surface area contributed by atoms with Crippen LogP contribution in [0.25, 0.3) is 0 Å². The van der Waals surface area contributed by atoms with Crippen molar-refractivity contribution in [3.05, 3.63) is 29.8 Å². The zero-order valence-electron chi connectivity index (χ0n) is 13.8. The molecule has 0 N–H and O–H groups in total. The minimum atomic E-state index is 0.639. The molecule has 23 heavy (non-hydrogen) atoms. The van der Waals surface area contributed by atoms with E-state index >= 15 is 0 Å². The molecular weight excluding hydrogens is 286 g/mol. The number of benzene rings is 1. The SMILES string of the molecule is CCC[N+]12C=NN=C1CN=C(N1CCCCC1)c1ccccc12. The first kappa shape index (κ1) is 14.6. The Hall–Kier alpha value is -2.01. The predicted molar refractivity (Wildman–Crippen MR) is 96.1 cm³/mol. The summed E-state index contributed by atoms with van der Waals surface area (Å²) in [6.07, 6.45) is 6.93. The fraction of sp³-hybridized carbons (Fsp3) is 0.500. The second kappa shape index (κ2) is 5.89. The van der Waals surface area contributed by atoms with Crippen molar-refractivity contribution in [2.75, 3.05) is 26.2 Å². The Bertz CT molecular complexity index is 684. The van der Waals surface area contributed by atoms with Gasteiger partial charge in [0, 0.05) is 19.2 Å². The number of fused-ring (bicyclic) bond motifs is 3. The van der Waals surface area contributed by atoms with Crippen molar-refractivity contribution in [1.82, 2.24) is 9.38 Å². The molecule has 0 radical (unpaired) electrons. The molecule has 5 nitrogen and oxygen atoms in total. The van der Waals surface area contributed by atoms with Crippen molar-refractivity contribution in [1.29, 1.82) is 0 Å². The Labute approximate surface area is 137 Å². The second-order valence-electron chi connectivity index (χ2n) is 6.54. The number of hydrogen-bond acceptors (Lipinski definition) is 4. The van der Waals surface area contributed by atoms with E-state index in [1.54, 1.807) is 0 Å². The fourth-order valence-corrected chi connectivity index (χ4v) is 3.96. The lowest BCUT2D eigenvalue weighted by Crippen LogP contribution is -2.53. The van der Waals surface area contributed by atoms with Crippen molar-refractivity contribution in [2.24, 2.45) is 15.2 Å². The first-order valence-corrected chi connectivity index (χ1v) is 8.74. The van der Waals surface area contributed by atoms with Gasteiger partial charge >= 0.3 is 0 Å². The number of rotatable bonds is 2. The van der Waals surface area contributed by atoms with Crippen molar-refractivity contribution < 1.29 is 0 Å². The van der Waals surface area contributed by atoms with Crippen LogP contribution in [0.3, 0.4) is 0 Å². The van der Waals surface area contributed by atoms with Gasteiger partial charge < -0.3 is 4.90 Å². The van der Waals surface area contributed by atoms with Crippen LogP contribution in [-0.2, 0) is 0 Å². The molecule has 1 aromatic carbocycles. The standard InChI is InChI=1S/C18H24N5/c1-2-12-23-14-20-21-17(23)13-19-18(22-10-6-3-7-11-22)15-8-4-5-9-16(15)23/h4-5,8-9,14H,2-3,6-7,10-13H2,1H3/q+1. The molecule has 0 amide bonds. The molecule has 0 aliphatic carbocycles. The molecule has 1 fully saturated rings. The largest absolute Gasteiger partial charge is 0.356 e. The molecule has 3 aliphatic rings. The minimum Gasteiger partial charge on any atom is -0.356 e. The molecule has 5 heteroatoms. The minimum absolute atomic E-state index is 0.639. The molecule has 4 rings (SSSR count). The summed E-state index contributed by atoms with van der Waals surface area (Å²) in [6.45, 7) is 6.07. The van der Waals surface area contributed by atoms with Gasteiger partial charge in [0.1, 0.15) is 12.4 Å². The summed E-state index contributed by atoms with van der Waals surface area (Å²) in [7, 11) is 0. The van der Waals surface area contributed by atoms with Gasteiger partial charge in [-0.2, -0.15) is 4.48 Å². The van der Waals surface area contributed by atoms with E-state index in [1.807, 2.05) is 6.34 Å². The zero-order valence-corrected chi connectivity index (χ0v) is 13.8. The van der Waals surface area contributed by atoms with Gasteiger partial charge in [-0.3, -0.25) is 4.99 Å². The Balaban J connectivity index is 1.84. The average molecular weight is 310 g/mol. The smallest absolute Gasteiger partial charge is 0.255 e. The number of piperidine rings is 1. The molecule has 3 aliphatic heterocycles. The van der Waals surface area contributed by atoms with Crippen molar-refractivity contribution in [3.63, 3.8) is 0 Å². The molecule has 0 saturated carbocycles. The molecule has 1 aromatic rings. The molecule has 0 aromatic heterocycles. The number of nitrogens with zero attached hydrogens (tertiary/aromatic N) is 5. The van der Waals surface area contributed by atoms with Gasteiger partial charge in [0.05, 0.1) is 12.1 Å². The van der Waals surface area contributed by atoms with Crippen molar-refractivity contribution >= 4 is 23.7 Å². The third-order valence-corrected chi connectivity index (χ3v) is 5.06. The molecule has 0 spiro atoms. The zero-order chi connectivity index (χ0) is 15.7. The second-order valence-corrected chi connectivity index (χ2v) is 6.54. The van der Waals surface area contributed by atoms with E-state index in [9.17, 15) is 0 Å². The summed E-state index contributed by atoms with van der Waals surface area (Å²) < 4.78 is 0.646. The van der Waals surface area contributed by atoms with Gasteiger partial charge in [-0.05, 0) is 31.7 Å². The molecule has 1 unspecified atom stereocenters. The number of aliphatic imine (C=N–C) groups is 1. The Kier molecular flexibility index (Phi) is 3.73. The highest BCUT2D eigenvalue weighted by Gasteiger charge is 2.43. The van der Waals surface area contributed by atoms with E-state index in [0.717, 1.165) is 37.7 Å². The van der Waals surface area contributed by atoms with E-state index in [2.05, 4.69) is 46.3 Å². The van der Waals surface area contributed by atoms with E-state index in [4.69, 9.17) is 4.99 Å². The van der Waals surface area contributed by atoms with E-state index in [0.29, 0.717) is 11.0 Å². The first-order chi connectivity index (χ1) is 11.3. The lowest BCUT2D eigenvalue weighted by atomic mass is 10.1. The number of quaternary nitrogens is 1. The molecule has 0 bridgehead atoms. The molecule has 3 heterocycles. The molecule has 1 saturated heterocycles. The molecule has 120 valence electrons. The van der Waals surface area contributed by atoms with Crippen LogP contribution < -0.4 is 4.48 Å². The van der Waals surface area contributed by atoms with Crippen LogP contribution >= 0.6 is 0 Å². The maximum Gasteiger partial charge on any atom is 0.255 e. The quantitative estimate of drug-likeness (QED) is 0.774. The first-order valence-electron chi connectivity index (χ1n) is 8.74. The van der Waals surface area contributed by atoms with E-state index in [1.165, 1.54) is 30.5 Å². The third kappa shape index (κ3) is 2.30. The summed E-state index contributed by atoms with van der Waals surface area (Å²) >= 11 is 0. The number of para-hydroxylation sites is 1. The predicted octanol–water partition coefficient (Wildman–Crippen LogP) is 3.01. The Morgan fingerprint density at radius 3 is 2.78 bits per heavy atom. The summed E-state index contributed by atoms with van der Waals surface area (Å²) in [6, 6.07) is 8.68. The van der Waals surface area contributed by atoms with Gasteiger partial charge in [-0.25, -0.2) is 0 Å². The maximum absolute atomic E-state index is 4.97. The highest BCUT2D eigenvalue weighted by Crippen LogP contribution is 2.33. The van der Waals surface area contributed by atoms with Crippen LogP contribution in [0.1, 0.15) is 38.2 Å². The topological polar surface area (TPSA) is 40.3 Å². The van der Waals surface area contributed by atoms with Crippen molar-refractivity contribution in [3.8, 4) is 0 Å². The fourth-order valence-electron chi connectivity index (χ4n) is 3.96. The van der Waals surface area contributed by atoms with Gasteiger partial charge in [-0.15, -0.1) is 0 Å². The number of likely N-dealkylation sites (tertiary alicyclic amines) is 1. The average Bonchev–Trinajstić information content (AvgIpc) is 2.95. The van der Waals surface area contributed by atoms with Gasteiger partial charge in [0.25, 0.3) is 5.84 Å². The number of amidine groups is 2. The van der Waals surface area contributed by atoms with Gasteiger partial charge in [0.15, 0.2) is 5.69 Å². The summed E-state index contributed by atoms with van der Waals surface area (Å²) in [5, 5.41) is 8.67. The monoisotopic (exact) mass is 310 g/mol. The lowest BCUT2D eigenvalue weighted by molar-refractivity contribution is 0.342. The van der Waals surface area contributed by atoms with Gasteiger partial charge in [0.2, 0.25) is 6.34 Å². The van der Waals surface area contributed by atoms with Crippen LogP contribution in [0, 0.1) is 0 Å². The van der Waals surface area contributed by atoms with E-state index < -0.39 is 0 Å². The van der Waals surface area contributed by atoms with Crippen LogP contribution in [0.15, 0.2) is 39.5 Å². The number of hydrogen-bond donors (Lipinski definition) is 0. The van der Waals surface area contributed by atoms with Crippen LogP contribution in [0.5, 0.6) is 0 Å². The third-order valence-electron chi connectivity index (χ3n) is 5.06. The lowest BCUT2D eigenvalue weighted by Gasteiger charge is -2.32. The Morgan fingerprint density at radius 2 is 1.96 bits per heavy atom. The summed E-state index contributed by atoms with van der Waals surface area (Å²) in [5.41, 5.74) is 2.53.